The molecule has 0 N–H and O–H groups in total. The van der Waals surface area contributed by atoms with Gasteiger partial charge in [-0.3, -0.25) is 4.90 Å². The van der Waals surface area contributed by atoms with Gasteiger partial charge >= 0.3 is 0 Å². The molecule has 1 saturated heterocycles. The van der Waals surface area contributed by atoms with Gasteiger partial charge in [0.15, 0.2) is 11.5 Å². The van der Waals surface area contributed by atoms with Crippen molar-refractivity contribution in [3.63, 3.8) is 0 Å². The van der Waals surface area contributed by atoms with E-state index < -0.39 is 0 Å². The van der Waals surface area contributed by atoms with Crippen molar-refractivity contribution in [1.82, 2.24) is 14.7 Å². The maximum atomic E-state index is 5.78. The number of rotatable bonds is 3. The average Bonchev–Trinajstić information content (AvgIpc) is 3.28. The summed E-state index contributed by atoms with van der Waals surface area (Å²) in [6.07, 6.45) is 8.02. The van der Waals surface area contributed by atoms with Crippen molar-refractivity contribution >= 4 is 12.2 Å². The predicted molar refractivity (Wildman–Crippen MR) is 98.6 cm³/mol. The van der Waals surface area contributed by atoms with Gasteiger partial charge in [0, 0.05) is 18.2 Å². The molecule has 2 aromatic rings. The minimum absolute atomic E-state index is 0.258. The van der Waals surface area contributed by atoms with E-state index in [2.05, 4.69) is 10.00 Å². The van der Waals surface area contributed by atoms with Crippen LogP contribution in [0.3, 0.4) is 0 Å². The summed E-state index contributed by atoms with van der Waals surface area (Å²) in [6.45, 7) is 2.09. The molecule has 1 aliphatic carbocycles. The minimum atomic E-state index is 0.258. The largest absolute Gasteiger partial charge is 0.454 e. The summed E-state index contributed by atoms with van der Waals surface area (Å²) in [5, 5.41) is 4.65. The van der Waals surface area contributed by atoms with Crippen LogP contribution in [0.15, 0.2) is 22.6 Å². The molecular weight excluding hydrogens is 350 g/mol. The Bertz CT molecular complexity index is 860. The molecule has 6 nitrogen and oxygen atoms in total. The van der Waals surface area contributed by atoms with Gasteiger partial charge in [0.2, 0.25) is 12.7 Å². The van der Waals surface area contributed by atoms with Crippen LogP contribution in [0.2, 0.25) is 0 Å². The van der Waals surface area contributed by atoms with Gasteiger partial charge in [-0.05, 0) is 62.0 Å². The van der Waals surface area contributed by atoms with E-state index in [-0.39, 0.29) is 6.79 Å². The van der Waals surface area contributed by atoms with E-state index in [1.54, 1.807) is 0 Å². The maximum Gasteiger partial charge on any atom is 0.288 e. The second-order valence-electron chi connectivity index (χ2n) is 7.45. The smallest absolute Gasteiger partial charge is 0.288 e. The fourth-order valence-electron chi connectivity index (χ4n) is 4.62. The lowest BCUT2D eigenvalue weighted by molar-refractivity contribution is 0.0318. The Kier molecular flexibility index (Phi) is 4.21. The Morgan fingerprint density at radius 2 is 1.92 bits per heavy atom. The molecule has 0 spiro atoms. The number of fused-ring (bicyclic) bond motifs is 2. The van der Waals surface area contributed by atoms with Crippen LogP contribution in [0, 0.1) is 10.8 Å². The van der Waals surface area contributed by atoms with E-state index in [0.29, 0.717) is 23.4 Å². The Hall–Kier alpha value is -1.86. The van der Waals surface area contributed by atoms with Crippen molar-refractivity contribution in [2.45, 2.75) is 51.2 Å². The highest BCUT2D eigenvalue weighted by Gasteiger charge is 2.33. The number of hydrogen-bond acceptors (Lipinski definition) is 6. The first-order chi connectivity index (χ1) is 12.8. The second-order valence-corrected chi connectivity index (χ2v) is 7.80. The number of ether oxygens (including phenoxy) is 2. The number of likely N-dealkylation sites (tertiary alicyclic amines) is 1. The molecule has 1 saturated carbocycles. The molecule has 3 aliphatic rings. The van der Waals surface area contributed by atoms with Gasteiger partial charge in [0.25, 0.3) is 4.84 Å². The van der Waals surface area contributed by atoms with Crippen molar-refractivity contribution in [2.24, 2.45) is 5.92 Å². The summed E-state index contributed by atoms with van der Waals surface area (Å²) >= 11 is 5.44. The highest BCUT2D eigenvalue weighted by atomic mass is 32.1. The van der Waals surface area contributed by atoms with Crippen molar-refractivity contribution < 1.29 is 13.9 Å². The summed E-state index contributed by atoms with van der Waals surface area (Å²) in [5.41, 5.74) is 0.855. The third-order valence-electron chi connectivity index (χ3n) is 5.90. The van der Waals surface area contributed by atoms with Gasteiger partial charge in [-0.1, -0.05) is 12.8 Å². The molecule has 7 heteroatoms. The van der Waals surface area contributed by atoms with E-state index in [1.165, 1.54) is 38.5 Å². The number of hydrogen-bond donors (Lipinski definition) is 0. The first kappa shape index (κ1) is 16.3. The monoisotopic (exact) mass is 373 g/mol. The van der Waals surface area contributed by atoms with Gasteiger partial charge in [0.1, 0.15) is 0 Å². The highest BCUT2D eigenvalue weighted by molar-refractivity contribution is 7.71. The van der Waals surface area contributed by atoms with E-state index in [9.17, 15) is 0 Å². The lowest BCUT2D eigenvalue weighted by atomic mass is 9.78. The molecule has 1 aromatic heterocycles. The Labute approximate surface area is 157 Å². The summed E-state index contributed by atoms with van der Waals surface area (Å²) in [4.78, 5) is 2.98. The predicted octanol–water partition coefficient (Wildman–Crippen LogP) is 4.21. The molecule has 138 valence electrons. The lowest BCUT2D eigenvalue weighted by Gasteiger charge is -2.43. The van der Waals surface area contributed by atoms with Gasteiger partial charge in [-0.2, -0.15) is 0 Å². The second kappa shape index (κ2) is 6.70. The van der Waals surface area contributed by atoms with E-state index in [0.717, 1.165) is 29.5 Å². The van der Waals surface area contributed by atoms with Crippen LogP contribution in [0.1, 0.15) is 38.5 Å². The summed E-state index contributed by atoms with van der Waals surface area (Å²) in [5.74, 6) is 2.85. The van der Waals surface area contributed by atoms with Crippen LogP contribution >= 0.6 is 12.2 Å². The first-order valence-electron chi connectivity index (χ1n) is 9.50. The number of nitrogens with zero attached hydrogens (tertiary/aromatic N) is 3. The van der Waals surface area contributed by atoms with E-state index in [1.807, 2.05) is 22.9 Å². The first-order valence-corrected chi connectivity index (χ1v) is 9.91. The average molecular weight is 373 g/mol. The summed E-state index contributed by atoms with van der Waals surface area (Å²) < 4.78 is 18.4. The van der Waals surface area contributed by atoms with Crippen molar-refractivity contribution in [3.05, 3.63) is 23.0 Å². The molecule has 26 heavy (non-hydrogen) atoms. The van der Waals surface area contributed by atoms with Crippen molar-refractivity contribution in [1.29, 1.82) is 0 Å². The lowest BCUT2D eigenvalue weighted by Crippen LogP contribution is -2.47. The fraction of sp³-hybridized carbons (Fsp3) is 0.579. The van der Waals surface area contributed by atoms with Crippen molar-refractivity contribution in [2.75, 3.05) is 13.3 Å². The topological polar surface area (TPSA) is 52.7 Å². The minimum Gasteiger partial charge on any atom is -0.454 e. The third-order valence-corrected chi connectivity index (χ3v) is 6.19. The summed E-state index contributed by atoms with van der Waals surface area (Å²) in [6, 6.07) is 6.37. The van der Waals surface area contributed by atoms with Gasteiger partial charge in [-0.15, -0.1) is 5.10 Å². The molecule has 0 radical (unpaired) electrons. The Balaban J connectivity index is 1.38. The standard InChI is InChI=1S/C19H23N3O3S/c26-19-22(11-21-9-3-5-13-4-1-2-6-15(13)21)20-18(25-19)14-7-8-16-17(10-14)24-12-23-16/h7-8,10,13,15H,1-6,9,11-12H2/t13-,15+/m1/s1. The molecule has 2 fully saturated rings. The highest BCUT2D eigenvalue weighted by Crippen LogP contribution is 2.37. The Morgan fingerprint density at radius 1 is 1.08 bits per heavy atom. The fourth-order valence-corrected chi connectivity index (χ4v) is 4.79. The molecule has 0 unspecified atom stereocenters. The van der Waals surface area contributed by atoms with Gasteiger partial charge in [0.05, 0.1) is 6.67 Å². The van der Waals surface area contributed by atoms with Crippen molar-refractivity contribution in [3.8, 4) is 23.0 Å². The Morgan fingerprint density at radius 3 is 2.88 bits per heavy atom. The van der Waals surface area contributed by atoms with Crippen LogP contribution in [-0.4, -0.2) is 34.1 Å². The quantitative estimate of drug-likeness (QED) is 0.751. The molecule has 2 atom stereocenters. The molecule has 5 rings (SSSR count). The van der Waals surface area contributed by atoms with E-state index >= 15 is 0 Å². The zero-order valence-electron chi connectivity index (χ0n) is 14.7. The zero-order chi connectivity index (χ0) is 17.5. The van der Waals surface area contributed by atoms with Crippen LogP contribution in [0.25, 0.3) is 11.5 Å². The van der Waals surface area contributed by atoms with Gasteiger partial charge in [-0.25, -0.2) is 4.68 Å². The zero-order valence-corrected chi connectivity index (χ0v) is 15.5. The molecular formula is C19H23N3O3S. The number of aromatic nitrogens is 2. The number of benzene rings is 1. The SMILES string of the molecule is S=c1oc(-c2ccc3c(c2)OCO3)nn1CN1CCC[C@H]2CCCC[C@@H]21. The normalized spacial score (nSPS) is 25.2. The third kappa shape index (κ3) is 2.93. The molecule has 3 heterocycles. The van der Waals surface area contributed by atoms with Crippen LogP contribution in [-0.2, 0) is 6.67 Å². The van der Waals surface area contributed by atoms with E-state index in [4.69, 9.17) is 26.1 Å². The number of piperidine rings is 1. The maximum absolute atomic E-state index is 5.78. The van der Waals surface area contributed by atoms with Crippen LogP contribution in [0.5, 0.6) is 11.5 Å². The van der Waals surface area contributed by atoms with Crippen LogP contribution in [0.4, 0.5) is 0 Å². The molecule has 0 bridgehead atoms. The van der Waals surface area contributed by atoms with Gasteiger partial charge < -0.3 is 13.9 Å². The molecule has 0 amide bonds. The molecule has 2 aliphatic heterocycles. The summed E-state index contributed by atoms with van der Waals surface area (Å²) in [7, 11) is 0. The van der Waals surface area contributed by atoms with Crippen LogP contribution < -0.4 is 9.47 Å². The molecule has 1 aromatic carbocycles.